The first-order chi connectivity index (χ1) is 7.45. The Balaban J connectivity index is 2.99. The summed E-state index contributed by atoms with van der Waals surface area (Å²) in [4.78, 5) is 10.8. The van der Waals surface area contributed by atoms with Gasteiger partial charge in [0.05, 0.1) is 25.2 Å². The summed E-state index contributed by atoms with van der Waals surface area (Å²) in [6, 6.07) is 0.859. The zero-order valence-corrected chi connectivity index (χ0v) is 8.34. The van der Waals surface area contributed by atoms with E-state index in [0.29, 0.717) is 12.1 Å². The second-order valence-electron chi connectivity index (χ2n) is 3.08. The Morgan fingerprint density at radius 3 is 2.31 bits per heavy atom. The fourth-order valence-electron chi connectivity index (χ4n) is 1.21. The number of rotatable bonds is 3. The maximum Gasteiger partial charge on any atom is 0.308 e. The van der Waals surface area contributed by atoms with E-state index in [2.05, 4.69) is 4.74 Å². The summed E-state index contributed by atoms with van der Waals surface area (Å²) in [6.07, 6.45) is -2.30. The third kappa shape index (κ3) is 2.73. The number of ether oxygens (including phenoxy) is 1. The maximum atomic E-state index is 13.1. The first-order valence-corrected chi connectivity index (χ1v) is 4.35. The van der Waals surface area contributed by atoms with Crippen molar-refractivity contribution >= 4 is 5.97 Å². The van der Waals surface area contributed by atoms with Crippen molar-refractivity contribution in [3.05, 3.63) is 35.1 Å². The van der Waals surface area contributed by atoms with Crippen LogP contribution in [-0.2, 0) is 9.53 Å². The highest BCUT2D eigenvalue weighted by Crippen LogP contribution is 2.24. The predicted molar refractivity (Wildman–Crippen MR) is 47.9 cm³/mol. The minimum Gasteiger partial charge on any atom is -0.469 e. The molecule has 0 amide bonds. The van der Waals surface area contributed by atoms with Crippen LogP contribution < -0.4 is 0 Å². The third-order valence-corrected chi connectivity index (χ3v) is 1.96. The second kappa shape index (κ2) is 4.98. The molecule has 0 aromatic heterocycles. The van der Waals surface area contributed by atoms with Gasteiger partial charge in [-0.25, -0.2) is 13.2 Å². The minimum absolute atomic E-state index is 0.429. The van der Waals surface area contributed by atoms with Gasteiger partial charge in [-0.15, -0.1) is 0 Å². The summed E-state index contributed by atoms with van der Waals surface area (Å²) in [6.45, 7) is 0. The third-order valence-electron chi connectivity index (χ3n) is 1.96. The zero-order chi connectivity index (χ0) is 12.3. The van der Waals surface area contributed by atoms with Crippen LogP contribution in [0.4, 0.5) is 13.2 Å². The molecule has 1 aromatic rings. The highest BCUT2D eigenvalue weighted by molar-refractivity contribution is 5.70. The molecule has 16 heavy (non-hydrogen) atoms. The van der Waals surface area contributed by atoms with Crippen LogP contribution in [-0.4, -0.2) is 18.2 Å². The van der Waals surface area contributed by atoms with Crippen LogP contribution in [0, 0.1) is 17.5 Å². The molecule has 0 bridgehead atoms. The highest BCUT2D eigenvalue weighted by atomic mass is 19.1. The van der Waals surface area contributed by atoms with E-state index < -0.39 is 41.5 Å². The Morgan fingerprint density at radius 1 is 1.38 bits per heavy atom. The van der Waals surface area contributed by atoms with Crippen molar-refractivity contribution in [2.45, 2.75) is 12.5 Å². The quantitative estimate of drug-likeness (QED) is 0.809. The Labute approximate surface area is 89.5 Å². The summed E-state index contributed by atoms with van der Waals surface area (Å²) in [7, 11) is 1.08. The van der Waals surface area contributed by atoms with Crippen LogP contribution in [0.2, 0.25) is 0 Å². The van der Waals surface area contributed by atoms with Crippen molar-refractivity contribution in [2.75, 3.05) is 7.11 Å². The molecule has 1 aromatic carbocycles. The zero-order valence-electron chi connectivity index (χ0n) is 8.34. The molecule has 1 atom stereocenters. The monoisotopic (exact) mass is 234 g/mol. The van der Waals surface area contributed by atoms with Gasteiger partial charge in [0.15, 0.2) is 0 Å². The molecule has 0 aliphatic carbocycles. The lowest BCUT2D eigenvalue weighted by atomic mass is 10.1. The maximum absolute atomic E-state index is 13.1. The molecule has 1 rings (SSSR count). The highest BCUT2D eigenvalue weighted by Gasteiger charge is 2.22. The summed E-state index contributed by atoms with van der Waals surface area (Å²) in [5.41, 5.74) is -0.744. The van der Waals surface area contributed by atoms with Gasteiger partial charge >= 0.3 is 5.97 Å². The van der Waals surface area contributed by atoms with E-state index in [4.69, 9.17) is 0 Å². The summed E-state index contributed by atoms with van der Waals surface area (Å²) < 4.78 is 43.0. The second-order valence-corrected chi connectivity index (χ2v) is 3.08. The summed E-state index contributed by atoms with van der Waals surface area (Å²) in [5, 5.41) is 9.37. The molecular formula is C10H9F3O3. The summed E-state index contributed by atoms with van der Waals surface area (Å²) >= 11 is 0. The Hall–Kier alpha value is -1.56. The average molecular weight is 234 g/mol. The lowest BCUT2D eigenvalue weighted by Gasteiger charge is -2.11. The number of aliphatic hydroxyl groups is 1. The topological polar surface area (TPSA) is 46.5 Å². The minimum atomic E-state index is -1.70. The van der Waals surface area contributed by atoms with E-state index in [1.165, 1.54) is 0 Å². The SMILES string of the molecule is COC(=O)CC(O)c1c(F)cc(F)cc1F. The first-order valence-electron chi connectivity index (χ1n) is 4.35. The van der Waals surface area contributed by atoms with Crippen molar-refractivity contribution in [2.24, 2.45) is 0 Å². The largest absolute Gasteiger partial charge is 0.469 e. The van der Waals surface area contributed by atoms with Gasteiger partial charge in [0.1, 0.15) is 17.5 Å². The molecule has 1 unspecified atom stereocenters. The molecule has 0 radical (unpaired) electrons. The first kappa shape index (κ1) is 12.5. The number of methoxy groups -OCH3 is 1. The van der Waals surface area contributed by atoms with Gasteiger partial charge in [0.2, 0.25) is 0 Å². The van der Waals surface area contributed by atoms with Gasteiger partial charge in [-0.05, 0) is 0 Å². The fraction of sp³-hybridized carbons (Fsp3) is 0.300. The molecular weight excluding hydrogens is 225 g/mol. The normalized spacial score (nSPS) is 12.3. The molecule has 88 valence electrons. The van der Waals surface area contributed by atoms with Gasteiger partial charge in [-0.1, -0.05) is 0 Å². The van der Waals surface area contributed by atoms with Crippen molar-refractivity contribution in [3.8, 4) is 0 Å². The number of halogens is 3. The number of benzene rings is 1. The van der Waals surface area contributed by atoms with Gasteiger partial charge < -0.3 is 9.84 Å². The number of aliphatic hydroxyl groups excluding tert-OH is 1. The van der Waals surface area contributed by atoms with Crippen LogP contribution in [0.15, 0.2) is 12.1 Å². The molecule has 1 N–H and O–H groups in total. The Bertz CT molecular complexity index is 383. The molecule has 0 fully saturated rings. The molecule has 0 aliphatic heterocycles. The van der Waals surface area contributed by atoms with Crippen molar-refractivity contribution in [1.82, 2.24) is 0 Å². The molecule has 3 nitrogen and oxygen atoms in total. The predicted octanol–water partition coefficient (Wildman–Crippen LogP) is 1.70. The van der Waals surface area contributed by atoms with Gasteiger partial charge in [-0.3, -0.25) is 4.79 Å². The number of hydrogen-bond donors (Lipinski definition) is 1. The molecule has 0 heterocycles. The van der Waals surface area contributed by atoms with Crippen LogP contribution in [0.3, 0.4) is 0 Å². The van der Waals surface area contributed by atoms with E-state index in [0.717, 1.165) is 7.11 Å². The van der Waals surface area contributed by atoms with Crippen molar-refractivity contribution in [3.63, 3.8) is 0 Å². The van der Waals surface area contributed by atoms with E-state index >= 15 is 0 Å². The smallest absolute Gasteiger partial charge is 0.308 e. The van der Waals surface area contributed by atoms with Crippen molar-refractivity contribution in [1.29, 1.82) is 0 Å². The van der Waals surface area contributed by atoms with Gasteiger partial charge in [-0.2, -0.15) is 0 Å². The lowest BCUT2D eigenvalue weighted by molar-refractivity contribution is -0.142. The van der Waals surface area contributed by atoms with Crippen LogP contribution in [0.5, 0.6) is 0 Å². The van der Waals surface area contributed by atoms with Crippen LogP contribution in [0.25, 0.3) is 0 Å². The number of carbonyl (C=O) groups excluding carboxylic acids is 1. The Kier molecular flexibility index (Phi) is 3.89. The van der Waals surface area contributed by atoms with E-state index in [-0.39, 0.29) is 0 Å². The van der Waals surface area contributed by atoms with E-state index in [1.54, 1.807) is 0 Å². The number of esters is 1. The van der Waals surface area contributed by atoms with Crippen LogP contribution in [0.1, 0.15) is 18.1 Å². The lowest BCUT2D eigenvalue weighted by Crippen LogP contribution is -2.11. The molecule has 6 heteroatoms. The number of hydrogen-bond acceptors (Lipinski definition) is 3. The average Bonchev–Trinajstić information content (AvgIpc) is 2.15. The molecule has 0 spiro atoms. The van der Waals surface area contributed by atoms with E-state index in [9.17, 15) is 23.1 Å². The molecule has 0 saturated carbocycles. The van der Waals surface area contributed by atoms with Crippen molar-refractivity contribution < 1.29 is 27.8 Å². The standard InChI is InChI=1S/C10H9F3O3/c1-16-9(15)4-8(14)10-6(12)2-5(11)3-7(10)13/h2-3,8,14H,4H2,1H3. The van der Waals surface area contributed by atoms with E-state index in [1.807, 2.05) is 0 Å². The fourth-order valence-corrected chi connectivity index (χ4v) is 1.21. The Morgan fingerprint density at radius 2 is 1.88 bits per heavy atom. The number of carbonyl (C=O) groups is 1. The van der Waals surface area contributed by atoms with Gasteiger partial charge in [0.25, 0.3) is 0 Å². The van der Waals surface area contributed by atoms with Gasteiger partial charge in [0, 0.05) is 12.1 Å². The summed E-state index contributed by atoms with van der Waals surface area (Å²) in [5.74, 6) is -4.40. The van der Waals surface area contributed by atoms with Crippen LogP contribution >= 0.6 is 0 Å². The molecule has 0 aliphatic rings. The molecule has 0 saturated heterocycles.